The SMILES string of the molecule is C/C(=N\OC(=O)CCC(=O)O/N=C(\C)c1ccccc1)c1ccccc1. The van der Waals surface area contributed by atoms with Crippen LogP contribution < -0.4 is 0 Å². The highest BCUT2D eigenvalue weighted by molar-refractivity contribution is 5.99. The van der Waals surface area contributed by atoms with Crippen molar-refractivity contribution in [2.24, 2.45) is 10.3 Å². The maximum Gasteiger partial charge on any atom is 0.335 e. The fourth-order valence-corrected chi connectivity index (χ4v) is 2.00. The van der Waals surface area contributed by atoms with Crippen LogP contribution in [-0.2, 0) is 19.3 Å². The molecule has 0 unspecified atom stereocenters. The van der Waals surface area contributed by atoms with Crippen LogP contribution in [0, 0.1) is 0 Å². The molecule has 134 valence electrons. The Hall–Kier alpha value is -3.28. The highest BCUT2D eigenvalue weighted by Crippen LogP contribution is 2.04. The first-order valence-electron chi connectivity index (χ1n) is 8.16. The van der Waals surface area contributed by atoms with Gasteiger partial charge in [0.25, 0.3) is 0 Å². The van der Waals surface area contributed by atoms with Gasteiger partial charge in [0.05, 0.1) is 24.3 Å². The second kappa shape index (κ2) is 9.88. The molecule has 0 saturated heterocycles. The van der Waals surface area contributed by atoms with Gasteiger partial charge in [-0.3, -0.25) is 0 Å². The van der Waals surface area contributed by atoms with Gasteiger partial charge < -0.3 is 9.68 Å². The molecule has 0 aromatic heterocycles. The van der Waals surface area contributed by atoms with Crippen LogP contribution in [0.15, 0.2) is 71.0 Å². The lowest BCUT2D eigenvalue weighted by Crippen LogP contribution is -2.08. The Morgan fingerprint density at radius 1 is 0.692 bits per heavy atom. The standard InChI is InChI=1S/C20H20N2O4/c1-15(17-9-5-3-6-10-17)21-25-19(23)13-14-20(24)26-22-16(2)18-11-7-4-8-12-18/h3-12H,13-14H2,1-2H3/b21-15+,22-16+. The van der Waals surface area contributed by atoms with Gasteiger partial charge in [-0.1, -0.05) is 71.0 Å². The zero-order valence-electron chi connectivity index (χ0n) is 14.7. The van der Waals surface area contributed by atoms with E-state index in [1.54, 1.807) is 13.8 Å². The van der Waals surface area contributed by atoms with Crippen LogP contribution in [0.25, 0.3) is 0 Å². The molecule has 26 heavy (non-hydrogen) atoms. The third kappa shape index (κ3) is 6.32. The van der Waals surface area contributed by atoms with Crippen molar-refractivity contribution in [1.29, 1.82) is 0 Å². The minimum atomic E-state index is -0.610. The molecule has 0 aliphatic carbocycles. The van der Waals surface area contributed by atoms with Crippen molar-refractivity contribution >= 4 is 23.4 Å². The molecule has 0 aliphatic rings. The zero-order valence-corrected chi connectivity index (χ0v) is 14.7. The molecule has 2 rings (SSSR count). The summed E-state index contributed by atoms with van der Waals surface area (Å²) in [6, 6.07) is 18.7. The fourth-order valence-electron chi connectivity index (χ4n) is 2.00. The number of hydrogen-bond acceptors (Lipinski definition) is 6. The second-order valence-corrected chi connectivity index (χ2v) is 5.51. The number of nitrogens with zero attached hydrogens (tertiary/aromatic N) is 2. The molecule has 6 heteroatoms. The van der Waals surface area contributed by atoms with Crippen molar-refractivity contribution in [2.45, 2.75) is 26.7 Å². The Morgan fingerprint density at radius 2 is 1.04 bits per heavy atom. The van der Waals surface area contributed by atoms with Crippen molar-refractivity contribution in [3.05, 3.63) is 71.8 Å². The number of carbonyl (C=O) groups is 2. The highest BCUT2D eigenvalue weighted by atomic mass is 16.7. The minimum Gasteiger partial charge on any atom is -0.318 e. The van der Waals surface area contributed by atoms with Gasteiger partial charge in [0, 0.05) is 0 Å². The van der Waals surface area contributed by atoms with E-state index in [0.29, 0.717) is 11.4 Å². The summed E-state index contributed by atoms with van der Waals surface area (Å²) >= 11 is 0. The van der Waals surface area contributed by atoms with E-state index in [2.05, 4.69) is 10.3 Å². The normalized spacial score (nSPS) is 11.8. The summed E-state index contributed by atoms with van der Waals surface area (Å²) in [4.78, 5) is 33.0. The third-order valence-corrected chi connectivity index (χ3v) is 3.49. The molecule has 0 spiro atoms. The second-order valence-electron chi connectivity index (χ2n) is 5.51. The van der Waals surface area contributed by atoms with Gasteiger partial charge in [0.15, 0.2) is 0 Å². The monoisotopic (exact) mass is 352 g/mol. The van der Waals surface area contributed by atoms with E-state index in [1.165, 1.54) is 0 Å². The molecule has 2 aromatic carbocycles. The molecule has 0 N–H and O–H groups in total. The molecule has 0 saturated carbocycles. The lowest BCUT2D eigenvalue weighted by molar-refractivity contribution is -0.150. The Bertz CT molecular complexity index is 730. The van der Waals surface area contributed by atoms with E-state index in [1.807, 2.05) is 60.7 Å². The van der Waals surface area contributed by atoms with Crippen LogP contribution in [-0.4, -0.2) is 23.4 Å². The van der Waals surface area contributed by atoms with Gasteiger partial charge in [0.1, 0.15) is 0 Å². The quantitative estimate of drug-likeness (QED) is 0.432. The Kier molecular flexibility index (Phi) is 7.24. The third-order valence-electron chi connectivity index (χ3n) is 3.49. The largest absolute Gasteiger partial charge is 0.335 e. The van der Waals surface area contributed by atoms with Crippen LogP contribution >= 0.6 is 0 Å². The van der Waals surface area contributed by atoms with Gasteiger partial charge in [-0.2, -0.15) is 0 Å². The average molecular weight is 352 g/mol. The first kappa shape index (κ1) is 19.1. The molecule has 0 atom stereocenters. The van der Waals surface area contributed by atoms with Crippen molar-refractivity contribution in [3.63, 3.8) is 0 Å². The average Bonchev–Trinajstić information content (AvgIpc) is 2.69. The highest BCUT2D eigenvalue weighted by Gasteiger charge is 2.10. The molecule has 0 aliphatic heterocycles. The van der Waals surface area contributed by atoms with E-state index < -0.39 is 11.9 Å². The van der Waals surface area contributed by atoms with Gasteiger partial charge in [-0.05, 0) is 25.0 Å². The Balaban J connectivity index is 1.76. The van der Waals surface area contributed by atoms with E-state index >= 15 is 0 Å². The molecule has 0 radical (unpaired) electrons. The maximum absolute atomic E-state index is 11.7. The van der Waals surface area contributed by atoms with Crippen molar-refractivity contribution in [1.82, 2.24) is 0 Å². The van der Waals surface area contributed by atoms with E-state index in [4.69, 9.17) is 9.68 Å². The topological polar surface area (TPSA) is 77.3 Å². The zero-order chi connectivity index (χ0) is 18.8. The van der Waals surface area contributed by atoms with E-state index in [-0.39, 0.29) is 12.8 Å². The van der Waals surface area contributed by atoms with Crippen molar-refractivity contribution < 1.29 is 19.3 Å². The van der Waals surface area contributed by atoms with Crippen LogP contribution in [0.1, 0.15) is 37.8 Å². The summed E-state index contributed by atoms with van der Waals surface area (Å²) in [7, 11) is 0. The predicted molar refractivity (Wildman–Crippen MR) is 98.7 cm³/mol. The predicted octanol–water partition coefficient (Wildman–Crippen LogP) is 3.70. The van der Waals surface area contributed by atoms with Crippen LogP contribution in [0.2, 0.25) is 0 Å². The molecule has 0 amide bonds. The molecular formula is C20H20N2O4. The molecule has 0 bridgehead atoms. The van der Waals surface area contributed by atoms with Gasteiger partial charge in [-0.15, -0.1) is 0 Å². The molecule has 0 fully saturated rings. The summed E-state index contributed by atoms with van der Waals surface area (Å²) in [5, 5.41) is 7.55. The first-order chi connectivity index (χ1) is 12.6. The molecule has 2 aromatic rings. The van der Waals surface area contributed by atoms with Crippen molar-refractivity contribution in [3.8, 4) is 0 Å². The first-order valence-corrected chi connectivity index (χ1v) is 8.16. The van der Waals surface area contributed by atoms with Gasteiger partial charge in [0.2, 0.25) is 0 Å². The summed E-state index contributed by atoms with van der Waals surface area (Å²) in [5.74, 6) is -1.22. The van der Waals surface area contributed by atoms with Gasteiger partial charge in [-0.25, -0.2) is 9.59 Å². The summed E-state index contributed by atoms with van der Waals surface area (Å²) < 4.78 is 0. The molecular weight excluding hydrogens is 332 g/mol. The summed E-state index contributed by atoms with van der Waals surface area (Å²) in [6.07, 6.45) is -0.269. The Morgan fingerprint density at radius 3 is 1.38 bits per heavy atom. The van der Waals surface area contributed by atoms with E-state index in [9.17, 15) is 9.59 Å². The van der Waals surface area contributed by atoms with Gasteiger partial charge >= 0.3 is 11.9 Å². The molecule has 0 heterocycles. The number of carbonyl (C=O) groups excluding carboxylic acids is 2. The molecule has 6 nitrogen and oxygen atoms in total. The lowest BCUT2D eigenvalue weighted by Gasteiger charge is -2.02. The smallest absolute Gasteiger partial charge is 0.318 e. The van der Waals surface area contributed by atoms with Crippen molar-refractivity contribution in [2.75, 3.05) is 0 Å². The number of rotatable bonds is 7. The summed E-state index contributed by atoms with van der Waals surface area (Å²) in [6.45, 7) is 3.47. The number of hydrogen-bond donors (Lipinski definition) is 0. The minimum absolute atomic E-state index is 0.135. The van der Waals surface area contributed by atoms with Crippen LogP contribution in [0.4, 0.5) is 0 Å². The lowest BCUT2D eigenvalue weighted by atomic mass is 10.1. The summed E-state index contributed by atoms with van der Waals surface area (Å²) in [5.41, 5.74) is 2.85. The number of oxime groups is 2. The fraction of sp³-hybridized carbons (Fsp3) is 0.200. The number of benzene rings is 2. The van der Waals surface area contributed by atoms with Crippen LogP contribution in [0.5, 0.6) is 0 Å². The maximum atomic E-state index is 11.7. The van der Waals surface area contributed by atoms with E-state index in [0.717, 1.165) is 11.1 Å². The van der Waals surface area contributed by atoms with Crippen LogP contribution in [0.3, 0.4) is 0 Å². The Labute approximate surface area is 152 Å².